The summed E-state index contributed by atoms with van der Waals surface area (Å²) in [5, 5.41) is 2.83. The highest BCUT2D eigenvalue weighted by atomic mass is 32.2. The molecular weight excluding hydrogens is 282 g/mol. The van der Waals surface area contributed by atoms with Crippen molar-refractivity contribution in [3.05, 3.63) is 71.8 Å². The van der Waals surface area contributed by atoms with Gasteiger partial charge in [-0.15, -0.1) is 10.5 Å². The Labute approximate surface area is 125 Å². The maximum Gasteiger partial charge on any atom is 0.230 e. The molecule has 1 heterocycles. The summed E-state index contributed by atoms with van der Waals surface area (Å²) in [7, 11) is -0.370. The van der Waals surface area contributed by atoms with Crippen molar-refractivity contribution in [3.63, 3.8) is 0 Å². The number of ketones is 1. The van der Waals surface area contributed by atoms with Crippen LogP contribution >= 0.6 is 10.5 Å². The van der Waals surface area contributed by atoms with Crippen molar-refractivity contribution >= 4 is 27.0 Å². The van der Waals surface area contributed by atoms with E-state index in [1.54, 1.807) is 0 Å². The SMILES string of the molecule is O=C1C/S(=C(\C(=O)c2ccccc2)c2ccccc2)CN1. The van der Waals surface area contributed by atoms with Crippen molar-refractivity contribution in [1.29, 1.82) is 0 Å². The fourth-order valence-corrected chi connectivity index (χ4v) is 4.31. The number of hydrogen-bond acceptors (Lipinski definition) is 2. The van der Waals surface area contributed by atoms with Crippen LogP contribution in [-0.4, -0.2) is 28.2 Å². The molecule has 0 spiro atoms. The first kappa shape index (κ1) is 13.8. The molecule has 3 nitrogen and oxygen atoms in total. The van der Waals surface area contributed by atoms with Crippen molar-refractivity contribution in [3.8, 4) is 0 Å². The average Bonchev–Trinajstić information content (AvgIpc) is 2.95. The highest BCUT2D eigenvalue weighted by molar-refractivity contribution is 8.18. The van der Waals surface area contributed by atoms with Crippen molar-refractivity contribution < 1.29 is 9.59 Å². The van der Waals surface area contributed by atoms with Gasteiger partial charge in [-0.2, -0.15) is 0 Å². The molecule has 1 aliphatic rings. The largest absolute Gasteiger partial charge is 0.347 e. The fraction of sp³-hybridized carbons (Fsp3) is 0.118. The molecule has 0 saturated carbocycles. The summed E-state index contributed by atoms with van der Waals surface area (Å²) in [6, 6.07) is 18.9. The predicted molar refractivity (Wildman–Crippen MR) is 86.8 cm³/mol. The number of hydrogen-bond donors (Lipinski definition) is 1. The van der Waals surface area contributed by atoms with Crippen LogP contribution in [0.5, 0.6) is 0 Å². The molecule has 1 N–H and O–H groups in total. The smallest absolute Gasteiger partial charge is 0.230 e. The van der Waals surface area contributed by atoms with Gasteiger partial charge in [0.25, 0.3) is 0 Å². The number of carbonyl (C=O) groups is 2. The molecule has 21 heavy (non-hydrogen) atoms. The number of rotatable bonds is 3. The Morgan fingerprint density at radius 1 is 0.905 bits per heavy atom. The second-order valence-electron chi connectivity index (χ2n) is 4.77. The van der Waals surface area contributed by atoms with E-state index in [1.165, 1.54) is 0 Å². The van der Waals surface area contributed by atoms with Gasteiger partial charge >= 0.3 is 0 Å². The van der Waals surface area contributed by atoms with Crippen LogP contribution in [0, 0.1) is 0 Å². The van der Waals surface area contributed by atoms with Crippen molar-refractivity contribution in [2.45, 2.75) is 0 Å². The van der Waals surface area contributed by atoms with Crippen LogP contribution in [0.15, 0.2) is 60.7 Å². The van der Waals surface area contributed by atoms with E-state index < -0.39 is 0 Å². The normalized spacial score (nSPS) is 18.2. The van der Waals surface area contributed by atoms with Gasteiger partial charge in [-0.25, -0.2) is 0 Å². The third-order valence-corrected chi connectivity index (χ3v) is 5.42. The first-order valence-corrected chi connectivity index (χ1v) is 8.28. The molecule has 1 saturated heterocycles. The zero-order valence-electron chi connectivity index (χ0n) is 11.4. The van der Waals surface area contributed by atoms with Crippen LogP contribution in [0.25, 0.3) is 0 Å². The van der Waals surface area contributed by atoms with Gasteiger partial charge in [-0.3, -0.25) is 9.59 Å². The van der Waals surface area contributed by atoms with Crippen LogP contribution < -0.4 is 5.32 Å². The van der Waals surface area contributed by atoms with E-state index in [-0.39, 0.29) is 22.2 Å². The van der Waals surface area contributed by atoms with Crippen LogP contribution in [0.2, 0.25) is 0 Å². The summed E-state index contributed by atoms with van der Waals surface area (Å²) in [6.07, 6.45) is 0. The Balaban J connectivity index is 2.10. The maximum absolute atomic E-state index is 12.9. The monoisotopic (exact) mass is 297 g/mol. The minimum atomic E-state index is -0.370. The second-order valence-corrected chi connectivity index (χ2v) is 6.74. The third-order valence-electron chi connectivity index (χ3n) is 3.32. The van der Waals surface area contributed by atoms with E-state index in [2.05, 4.69) is 5.32 Å². The van der Waals surface area contributed by atoms with Gasteiger partial charge in [0.05, 0.1) is 16.5 Å². The maximum atomic E-state index is 12.9. The highest BCUT2D eigenvalue weighted by Gasteiger charge is 2.23. The Morgan fingerprint density at radius 3 is 2.00 bits per heavy atom. The van der Waals surface area contributed by atoms with E-state index in [9.17, 15) is 9.59 Å². The lowest BCUT2D eigenvalue weighted by molar-refractivity contribution is -0.117. The topological polar surface area (TPSA) is 46.2 Å². The first-order chi connectivity index (χ1) is 10.3. The molecule has 106 valence electrons. The van der Waals surface area contributed by atoms with Gasteiger partial charge in [0, 0.05) is 5.56 Å². The molecule has 2 aromatic rings. The summed E-state index contributed by atoms with van der Waals surface area (Å²) < 4.78 is 0. The Hall–Kier alpha value is -2.20. The average molecular weight is 297 g/mol. The number of benzene rings is 2. The number of nitrogens with one attached hydrogen (secondary N) is 1. The lowest BCUT2D eigenvalue weighted by Gasteiger charge is -2.11. The van der Waals surface area contributed by atoms with Gasteiger partial charge in [-0.05, 0) is 5.56 Å². The van der Waals surface area contributed by atoms with Crippen LogP contribution in [-0.2, 0) is 4.79 Å². The molecule has 0 radical (unpaired) electrons. The van der Waals surface area contributed by atoms with Gasteiger partial charge in [0.1, 0.15) is 0 Å². The van der Waals surface area contributed by atoms with Crippen LogP contribution in [0.3, 0.4) is 0 Å². The van der Waals surface area contributed by atoms with Gasteiger partial charge < -0.3 is 5.32 Å². The van der Waals surface area contributed by atoms with E-state index in [0.29, 0.717) is 17.2 Å². The highest BCUT2D eigenvalue weighted by Crippen LogP contribution is 2.24. The van der Waals surface area contributed by atoms with Gasteiger partial charge in [-0.1, -0.05) is 60.7 Å². The van der Waals surface area contributed by atoms with Crippen molar-refractivity contribution in [2.24, 2.45) is 0 Å². The fourth-order valence-electron chi connectivity index (χ4n) is 2.31. The van der Waals surface area contributed by atoms with Gasteiger partial charge in [0.2, 0.25) is 5.91 Å². The summed E-state index contributed by atoms with van der Waals surface area (Å²) >= 11 is 0. The molecule has 1 amide bonds. The third kappa shape index (κ3) is 2.95. The molecule has 1 atom stereocenters. The Kier molecular flexibility index (Phi) is 3.97. The van der Waals surface area contributed by atoms with Crippen LogP contribution in [0.4, 0.5) is 0 Å². The summed E-state index contributed by atoms with van der Waals surface area (Å²) in [4.78, 5) is 25.1. The predicted octanol–water partition coefficient (Wildman–Crippen LogP) is 2.45. The molecule has 0 aliphatic carbocycles. The number of carbonyl (C=O) groups excluding carboxylic acids is 2. The summed E-state index contributed by atoms with van der Waals surface area (Å²) in [6.45, 7) is 0. The summed E-state index contributed by atoms with van der Waals surface area (Å²) in [5.41, 5.74) is 1.58. The standard InChI is InChI=1S/C17H15NO2S/c19-15-11-21(12-18-15)17(14-9-5-2-6-10-14)16(20)13-7-3-1-4-8-13/h1-10H,11-12H2,(H,18,19). The van der Waals surface area contributed by atoms with E-state index in [4.69, 9.17) is 0 Å². The zero-order valence-corrected chi connectivity index (χ0v) is 12.2. The summed E-state index contributed by atoms with van der Waals surface area (Å²) in [5.74, 6) is 0.999. The molecule has 1 aliphatic heterocycles. The van der Waals surface area contributed by atoms with E-state index in [1.807, 2.05) is 60.7 Å². The van der Waals surface area contributed by atoms with E-state index in [0.717, 1.165) is 10.4 Å². The lowest BCUT2D eigenvalue weighted by atomic mass is 10.0. The van der Waals surface area contributed by atoms with Crippen molar-refractivity contribution in [1.82, 2.24) is 5.32 Å². The van der Waals surface area contributed by atoms with Crippen molar-refractivity contribution in [2.75, 3.05) is 11.6 Å². The number of amides is 1. The zero-order chi connectivity index (χ0) is 14.7. The minimum Gasteiger partial charge on any atom is -0.347 e. The molecule has 1 unspecified atom stereocenters. The molecular formula is C17H15NO2S. The van der Waals surface area contributed by atoms with E-state index >= 15 is 0 Å². The second kappa shape index (κ2) is 6.06. The molecule has 2 aromatic carbocycles. The molecule has 0 bridgehead atoms. The first-order valence-electron chi connectivity index (χ1n) is 6.72. The lowest BCUT2D eigenvalue weighted by Crippen LogP contribution is -2.17. The quantitative estimate of drug-likeness (QED) is 0.698. The van der Waals surface area contributed by atoms with Crippen LogP contribution in [0.1, 0.15) is 15.9 Å². The molecule has 1 fully saturated rings. The number of Topliss-reactive ketones (excluding diaryl/α,β-unsaturated/α-hetero) is 1. The molecule has 4 heteroatoms. The Bertz CT molecular complexity index is 708. The van der Waals surface area contributed by atoms with Gasteiger partial charge in [0.15, 0.2) is 5.78 Å². The minimum absolute atomic E-state index is 0.0154. The Morgan fingerprint density at radius 2 is 1.48 bits per heavy atom. The molecule has 0 aromatic heterocycles. The molecule has 3 rings (SSSR count).